The van der Waals surface area contributed by atoms with Gasteiger partial charge in [0.1, 0.15) is 5.54 Å². The smallest absolute Gasteiger partial charge is 0.238 e. The molecule has 0 heterocycles. The van der Waals surface area contributed by atoms with Crippen molar-refractivity contribution in [2.45, 2.75) is 38.3 Å². The Hall–Kier alpha value is -0.610. The first-order chi connectivity index (χ1) is 6.90. The van der Waals surface area contributed by atoms with Gasteiger partial charge in [-0.1, -0.05) is 0 Å². The zero-order valence-corrected chi connectivity index (χ0v) is 10.2. The topological polar surface area (TPSA) is 58.4 Å². The summed E-state index contributed by atoms with van der Waals surface area (Å²) in [6.07, 6.45) is 2.64. The molecule has 0 aliphatic heterocycles. The number of hydrogen-bond acceptors (Lipinski definition) is 3. The highest BCUT2D eigenvalue weighted by Crippen LogP contribution is 2.34. The molecule has 0 saturated heterocycles. The van der Waals surface area contributed by atoms with Gasteiger partial charge in [-0.3, -0.25) is 4.79 Å². The predicted octanol–water partition coefficient (Wildman–Crippen LogP) is 0.180. The molecule has 1 saturated carbocycles. The molecule has 2 unspecified atom stereocenters. The Morgan fingerprint density at radius 2 is 2.20 bits per heavy atom. The minimum atomic E-state index is -0.627. The second-order valence-electron chi connectivity index (χ2n) is 4.94. The van der Waals surface area contributed by atoms with Crippen LogP contribution in [-0.4, -0.2) is 43.0 Å². The third-order valence-corrected chi connectivity index (χ3v) is 3.66. The molecule has 0 bridgehead atoms. The number of nitrogens with one attached hydrogen (secondary N) is 1. The molecule has 1 fully saturated rings. The number of carbonyl (C=O) groups excluding carboxylic acids is 1. The summed E-state index contributed by atoms with van der Waals surface area (Å²) in [5, 5.41) is 3.01. The van der Waals surface area contributed by atoms with Crippen molar-refractivity contribution >= 4 is 5.91 Å². The van der Waals surface area contributed by atoms with E-state index in [1.54, 1.807) is 7.05 Å². The van der Waals surface area contributed by atoms with E-state index in [9.17, 15) is 4.79 Å². The van der Waals surface area contributed by atoms with Gasteiger partial charge in [-0.15, -0.1) is 0 Å². The van der Waals surface area contributed by atoms with E-state index in [-0.39, 0.29) is 5.91 Å². The fraction of sp³-hybridized carbons (Fsp3) is 0.909. The molecule has 15 heavy (non-hydrogen) atoms. The van der Waals surface area contributed by atoms with E-state index in [0.29, 0.717) is 12.6 Å². The fourth-order valence-corrected chi connectivity index (χ4v) is 1.86. The van der Waals surface area contributed by atoms with E-state index in [0.717, 1.165) is 5.92 Å². The summed E-state index contributed by atoms with van der Waals surface area (Å²) in [4.78, 5) is 13.6. The van der Waals surface area contributed by atoms with Crippen molar-refractivity contribution in [2.24, 2.45) is 11.7 Å². The van der Waals surface area contributed by atoms with Gasteiger partial charge < -0.3 is 16.0 Å². The maximum atomic E-state index is 11.3. The highest BCUT2D eigenvalue weighted by atomic mass is 16.1. The van der Waals surface area contributed by atoms with E-state index in [1.807, 2.05) is 6.92 Å². The van der Waals surface area contributed by atoms with Crippen LogP contribution in [0.25, 0.3) is 0 Å². The zero-order valence-electron chi connectivity index (χ0n) is 10.2. The molecule has 4 heteroatoms. The molecular formula is C11H23N3O. The highest BCUT2D eigenvalue weighted by Gasteiger charge is 2.36. The highest BCUT2D eigenvalue weighted by molar-refractivity contribution is 5.84. The lowest BCUT2D eigenvalue weighted by Crippen LogP contribution is -2.59. The molecule has 1 amide bonds. The van der Waals surface area contributed by atoms with Gasteiger partial charge in [-0.2, -0.15) is 0 Å². The second-order valence-corrected chi connectivity index (χ2v) is 4.94. The van der Waals surface area contributed by atoms with Crippen LogP contribution in [0.1, 0.15) is 26.7 Å². The standard InChI is InChI=1S/C11H23N3O/c1-8(9-5-6-9)14(4)7-11(2,13-3)10(12)15/h8-9,13H,5-7H2,1-4H3,(H2,12,15). The molecule has 3 N–H and O–H groups in total. The summed E-state index contributed by atoms with van der Waals surface area (Å²) < 4.78 is 0. The molecule has 0 radical (unpaired) electrons. The van der Waals surface area contributed by atoms with Gasteiger partial charge in [0, 0.05) is 12.6 Å². The number of carbonyl (C=O) groups is 1. The molecule has 0 aromatic heterocycles. The van der Waals surface area contributed by atoms with E-state index >= 15 is 0 Å². The number of likely N-dealkylation sites (N-methyl/N-ethyl adjacent to an activating group) is 2. The SMILES string of the molecule is CNC(C)(CN(C)C(C)C1CC1)C(N)=O. The van der Waals surface area contributed by atoms with Crippen molar-refractivity contribution in [1.29, 1.82) is 0 Å². The molecule has 4 nitrogen and oxygen atoms in total. The number of rotatable bonds is 6. The number of amides is 1. The van der Waals surface area contributed by atoms with Gasteiger partial charge in [-0.25, -0.2) is 0 Å². The van der Waals surface area contributed by atoms with Crippen LogP contribution >= 0.6 is 0 Å². The first-order valence-corrected chi connectivity index (χ1v) is 5.60. The average molecular weight is 213 g/mol. The third-order valence-electron chi connectivity index (χ3n) is 3.66. The Bertz CT molecular complexity index is 240. The molecule has 2 atom stereocenters. The van der Waals surface area contributed by atoms with Gasteiger partial charge >= 0.3 is 0 Å². The first kappa shape index (κ1) is 12.5. The van der Waals surface area contributed by atoms with Crippen molar-refractivity contribution in [3.63, 3.8) is 0 Å². The van der Waals surface area contributed by atoms with Crippen molar-refractivity contribution in [3.05, 3.63) is 0 Å². The number of nitrogens with zero attached hydrogens (tertiary/aromatic N) is 1. The summed E-state index contributed by atoms with van der Waals surface area (Å²) in [6, 6.07) is 0.539. The monoisotopic (exact) mass is 213 g/mol. The normalized spacial score (nSPS) is 22.5. The van der Waals surface area contributed by atoms with Gasteiger partial charge in [0.15, 0.2) is 0 Å². The second kappa shape index (κ2) is 4.49. The lowest BCUT2D eigenvalue weighted by molar-refractivity contribution is -0.124. The van der Waals surface area contributed by atoms with E-state index < -0.39 is 5.54 Å². The summed E-state index contributed by atoms with van der Waals surface area (Å²) in [7, 11) is 3.84. The minimum Gasteiger partial charge on any atom is -0.368 e. The molecule has 0 aromatic rings. The zero-order chi connectivity index (χ0) is 11.6. The summed E-state index contributed by atoms with van der Waals surface area (Å²) in [5.41, 5.74) is 4.77. The lowest BCUT2D eigenvalue weighted by Gasteiger charge is -2.34. The Labute approximate surface area is 92.2 Å². The van der Waals surface area contributed by atoms with Crippen LogP contribution in [0.2, 0.25) is 0 Å². The summed E-state index contributed by atoms with van der Waals surface area (Å²) >= 11 is 0. The maximum Gasteiger partial charge on any atom is 0.238 e. The van der Waals surface area contributed by atoms with Crippen LogP contribution in [0, 0.1) is 5.92 Å². The molecule has 1 rings (SSSR count). The molecule has 1 aliphatic rings. The molecule has 0 spiro atoms. The number of hydrogen-bond donors (Lipinski definition) is 2. The van der Waals surface area contributed by atoms with Crippen molar-refractivity contribution in [3.8, 4) is 0 Å². The Morgan fingerprint density at radius 1 is 1.67 bits per heavy atom. The van der Waals surface area contributed by atoms with Gasteiger partial charge in [0.05, 0.1) is 0 Å². The molecular weight excluding hydrogens is 190 g/mol. The first-order valence-electron chi connectivity index (χ1n) is 5.60. The van der Waals surface area contributed by atoms with Crippen LogP contribution in [0.3, 0.4) is 0 Å². The molecule has 88 valence electrons. The number of nitrogens with two attached hydrogens (primary N) is 1. The van der Waals surface area contributed by atoms with Crippen LogP contribution in [-0.2, 0) is 4.79 Å². The van der Waals surface area contributed by atoms with E-state index in [2.05, 4.69) is 24.2 Å². The molecule has 0 aromatic carbocycles. The van der Waals surface area contributed by atoms with E-state index in [1.165, 1.54) is 12.8 Å². The largest absolute Gasteiger partial charge is 0.368 e. The Morgan fingerprint density at radius 3 is 2.53 bits per heavy atom. The predicted molar refractivity (Wildman–Crippen MR) is 61.5 cm³/mol. The lowest BCUT2D eigenvalue weighted by atomic mass is 10.00. The van der Waals surface area contributed by atoms with Gasteiger partial charge in [-0.05, 0) is 46.7 Å². The molecule has 1 aliphatic carbocycles. The summed E-state index contributed by atoms with van der Waals surface area (Å²) in [5.74, 6) is 0.517. The van der Waals surface area contributed by atoms with Crippen molar-refractivity contribution < 1.29 is 4.79 Å². The third kappa shape index (κ3) is 2.92. The quantitative estimate of drug-likeness (QED) is 0.662. The van der Waals surface area contributed by atoms with Gasteiger partial charge in [0.25, 0.3) is 0 Å². The van der Waals surface area contributed by atoms with Crippen LogP contribution in [0.15, 0.2) is 0 Å². The maximum absolute atomic E-state index is 11.3. The average Bonchev–Trinajstić information content (AvgIpc) is 2.99. The van der Waals surface area contributed by atoms with Crippen LogP contribution < -0.4 is 11.1 Å². The van der Waals surface area contributed by atoms with Crippen molar-refractivity contribution in [1.82, 2.24) is 10.2 Å². The van der Waals surface area contributed by atoms with Crippen molar-refractivity contribution in [2.75, 3.05) is 20.6 Å². The Kier molecular flexibility index (Phi) is 3.73. The van der Waals surface area contributed by atoms with Crippen LogP contribution in [0.5, 0.6) is 0 Å². The van der Waals surface area contributed by atoms with Gasteiger partial charge in [0.2, 0.25) is 5.91 Å². The minimum absolute atomic E-state index is 0.292. The van der Waals surface area contributed by atoms with E-state index in [4.69, 9.17) is 5.73 Å². The Balaban J connectivity index is 2.53. The fourth-order valence-electron chi connectivity index (χ4n) is 1.86. The summed E-state index contributed by atoms with van der Waals surface area (Å²) in [6.45, 7) is 4.73. The number of primary amides is 1. The van der Waals surface area contributed by atoms with Crippen LogP contribution in [0.4, 0.5) is 0 Å².